The zero-order valence-electron chi connectivity index (χ0n) is 13.7. The molecule has 1 aliphatic carbocycles. The highest BCUT2D eigenvalue weighted by molar-refractivity contribution is 5.82. The highest BCUT2D eigenvalue weighted by atomic mass is 16.2. The van der Waals surface area contributed by atoms with E-state index in [9.17, 15) is 4.79 Å². The van der Waals surface area contributed by atoms with Crippen molar-refractivity contribution >= 4 is 5.91 Å². The molecule has 3 heteroatoms. The summed E-state index contributed by atoms with van der Waals surface area (Å²) in [5.41, 5.74) is -0.125. The maximum Gasteiger partial charge on any atom is 0.237 e. The zero-order chi connectivity index (χ0) is 14.8. The Balaban J connectivity index is 2.03. The van der Waals surface area contributed by atoms with Crippen molar-refractivity contribution in [1.82, 2.24) is 10.2 Å². The van der Waals surface area contributed by atoms with Crippen molar-refractivity contribution in [3.05, 3.63) is 0 Å². The molecule has 2 fully saturated rings. The first-order valence-corrected chi connectivity index (χ1v) is 8.47. The predicted molar refractivity (Wildman–Crippen MR) is 83.6 cm³/mol. The van der Waals surface area contributed by atoms with Crippen LogP contribution in [0.3, 0.4) is 0 Å². The van der Waals surface area contributed by atoms with Gasteiger partial charge in [0.05, 0.1) is 6.04 Å². The van der Waals surface area contributed by atoms with Gasteiger partial charge in [0.15, 0.2) is 0 Å². The number of piperidine rings is 1. The number of amides is 1. The fourth-order valence-electron chi connectivity index (χ4n) is 3.86. The molecular formula is C17H32N2O. The molecule has 0 bridgehead atoms. The van der Waals surface area contributed by atoms with Gasteiger partial charge in [0.2, 0.25) is 5.91 Å². The summed E-state index contributed by atoms with van der Waals surface area (Å²) in [4.78, 5) is 15.1. The molecule has 1 aliphatic heterocycles. The summed E-state index contributed by atoms with van der Waals surface area (Å²) in [7, 11) is 0. The van der Waals surface area contributed by atoms with Crippen molar-refractivity contribution < 1.29 is 4.79 Å². The molecule has 1 heterocycles. The number of likely N-dealkylation sites (tertiary alicyclic amines) is 1. The van der Waals surface area contributed by atoms with Crippen LogP contribution in [0, 0.1) is 11.8 Å². The van der Waals surface area contributed by atoms with Crippen LogP contribution < -0.4 is 5.32 Å². The van der Waals surface area contributed by atoms with E-state index < -0.39 is 0 Å². The molecule has 20 heavy (non-hydrogen) atoms. The molecule has 1 saturated heterocycles. The van der Waals surface area contributed by atoms with Gasteiger partial charge in [-0.3, -0.25) is 9.69 Å². The lowest BCUT2D eigenvalue weighted by Gasteiger charge is -2.42. The second-order valence-electron chi connectivity index (χ2n) is 7.79. The molecule has 0 aromatic heterocycles. The first-order valence-electron chi connectivity index (χ1n) is 8.47. The topological polar surface area (TPSA) is 32.3 Å². The van der Waals surface area contributed by atoms with Crippen LogP contribution in [-0.2, 0) is 4.79 Å². The summed E-state index contributed by atoms with van der Waals surface area (Å²) in [5, 5.41) is 3.19. The SMILES string of the molecule is CCCCN1CC2CCCC2C[C@H]1C(=O)NC(C)(C)C. The van der Waals surface area contributed by atoms with Crippen molar-refractivity contribution in [2.45, 2.75) is 77.8 Å². The minimum absolute atomic E-state index is 0.111. The lowest BCUT2D eigenvalue weighted by atomic mass is 9.83. The highest BCUT2D eigenvalue weighted by Crippen LogP contribution is 2.40. The van der Waals surface area contributed by atoms with E-state index in [0.29, 0.717) is 0 Å². The quantitative estimate of drug-likeness (QED) is 0.857. The average molecular weight is 280 g/mol. The summed E-state index contributed by atoms with van der Waals surface area (Å²) >= 11 is 0. The summed E-state index contributed by atoms with van der Waals surface area (Å²) in [6, 6.07) is 0.111. The van der Waals surface area contributed by atoms with E-state index in [1.54, 1.807) is 0 Å². The summed E-state index contributed by atoms with van der Waals surface area (Å²) in [6.45, 7) is 10.7. The van der Waals surface area contributed by atoms with Crippen molar-refractivity contribution in [1.29, 1.82) is 0 Å². The molecule has 0 spiro atoms. The van der Waals surface area contributed by atoms with Gasteiger partial charge in [0.1, 0.15) is 0 Å². The first kappa shape index (κ1) is 15.8. The molecule has 0 aromatic rings. The summed E-state index contributed by atoms with van der Waals surface area (Å²) in [5.74, 6) is 1.90. The number of carbonyl (C=O) groups excluding carboxylic acids is 1. The lowest BCUT2D eigenvalue weighted by molar-refractivity contribution is -0.130. The van der Waals surface area contributed by atoms with Crippen molar-refractivity contribution in [2.24, 2.45) is 11.8 Å². The van der Waals surface area contributed by atoms with E-state index in [1.807, 2.05) is 0 Å². The molecular weight excluding hydrogens is 248 g/mol. The molecule has 116 valence electrons. The second kappa shape index (κ2) is 6.46. The van der Waals surface area contributed by atoms with E-state index in [-0.39, 0.29) is 17.5 Å². The maximum absolute atomic E-state index is 12.6. The normalized spacial score (nSPS) is 31.1. The van der Waals surface area contributed by atoms with Crippen molar-refractivity contribution in [2.75, 3.05) is 13.1 Å². The third kappa shape index (κ3) is 3.97. The minimum Gasteiger partial charge on any atom is -0.350 e. The van der Waals surface area contributed by atoms with Crippen molar-refractivity contribution in [3.63, 3.8) is 0 Å². The number of unbranched alkanes of at least 4 members (excludes halogenated alkanes) is 1. The third-order valence-corrected chi connectivity index (χ3v) is 4.85. The number of fused-ring (bicyclic) bond motifs is 1. The van der Waals surface area contributed by atoms with Crippen LogP contribution in [0.1, 0.15) is 66.2 Å². The number of rotatable bonds is 4. The van der Waals surface area contributed by atoms with Crippen LogP contribution in [0.2, 0.25) is 0 Å². The summed E-state index contributed by atoms with van der Waals surface area (Å²) in [6.07, 6.45) is 7.57. The van der Waals surface area contributed by atoms with Gasteiger partial charge in [-0.15, -0.1) is 0 Å². The van der Waals surface area contributed by atoms with E-state index in [1.165, 1.54) is 32.1 Å². The number of carbonyl (C=O) groups is 1. The van der Waals surface area contributed by atoms with Crippen molar-refractivity contribution in [3.8, 4) is 0 Å². The standard InChI is InChI=1S/C17H32N2O/c1-5-6-10-19-12-14-9-7-8-13(14)11-15(19)16(20)18-17(2,3)4/h13-15H,5-12H2,1-4H3,(H,18,20)/t13?,14?,15-/m0/s1. The van der Waals surface area contributed by atoms with Crippen LogP contribution >= 0.6 is 0 Å². The van der Waals surface area contributed by atoms with Crippen LogP contribution in [0.15, 0.2) is 0 Å². The summed E-state index contributed by atoms with van der Waals surface area (Å²) < 4.78 is 0. The van der Waals surface area contributed by atoms with Crippen LogP contribution in [-0.4, -0.2) is 35.5 Å². The zero-order valence-corrected chi connectivity index (χ0v) is 13.7. The van der Waals surface area contributed by atoms with E-state index in [4.69, 9.17) is 0 Å². The number of hydrogen-bond acceptors (Lipinski definition) is 2. The highest BCUT2D eigenvalue weighted by Gasteiger charge is 2.41. The second-order valence-corrected chi connectivity index (χ2v) is 7.79. The molecule has 2 unspecified atom stereocenters. The molecule has 0 aromatic carbocycles. The monoisotopic (exact) mass is 280 g/mol. The van der Waals surface area contributed by atoms with Crippen LogP contribution in [0.5, 0.6) is 0 Å². The van der Waals surface area contributed by atoms with E-state index in [2.05, 4.69) is 37.9 Å². The predicted octanol–water partition coefficient (Wildman–Crippen LogP) is 3.19. The Morgan fingerprint density at radius 2 is 1.95 bits per heavy atom. The van der Waals surface area contributed by atoms with Gasteiger partial charge in [-0.05, 0) is 58.4 Å². The van der Waals surface area contributed by atoms with Gasteiger partial charge in [-0.25, -0.2) is 0 Å². The van der Waals surface area contributed by atoms with Crippen LogP contribution in [0.4, 0.5) is 0 Å². The molecule has 0 radical (unpaired) electrons. The molecule has 2 aliphatic rings. The van der Waals surface area contributed by atoms with Gasteiger partial charge >= 0.3 is 0 Å². The minimum atomic E-state index is -0.125. The molecule has 3 nitrogen and oxygen atoms in total. The molecule has 1 N–H and O–H groups in total. The third-order valence-electron chi connectivity index (χ3n) is 4.85. The van der Waals surface area contributed by atoms with E-state index in [0.717, 1.165) is 31.3 Å². The Labute approximate surface area is 124 Å². The van der Waals surface area contributed by atoms with Gasteiger partial charge in [-0.1, -0.05) is 26.2 Å². The Morgan fingerprint density at radius 1 is 1.25 bits per heavy atom. The largest absolute Gasteiger partial charge is 0.350 e. The van der Waals surface area contributed by atoms with Crippen LogP contribution in [0.25, 0.3) is 0 Å². The molecule has 1 amide bonds. The van der Waals surface area contributed by atoms with Gasteiger partial charge < -0.3 is 5.32 Å². The fourth-order valence-corrected chi connectivity index (χ4v) is 3.86. The number of nitrogens with zero attached hydrogens (tertiary/aromatic N) is 1. The average Bonchev–Trinajstić information content (AvgIpc) is 2.80. The first-order chi connectivity index (χ1) is 9.40. The molecule has 2 rings (SSSR count). The Morgan fingerprint density at radius 3 is 2.60 bits per heavy atom. The van der Waals surface area contributed by atoms with Gasteiger partial charge in [0, 0.05) is 12.1 Å². The Kier molecular flexibility index (Phi) is 5.11. The fraction of sp³-hybridized carbons (Fsp3) is 0.941. The van der Waals surface area contributed by atoms with Gasteiger partial charge in [-0.2, -0.15) is 0 Å². The Hall–Kier alpha value is -0.570. The maximum atomic E-state index is 12.6. The number of nitrogens with one attached hydrogen (secondary N) is 1. The smallest absolute Gasteiger partial charge is 0.237 e. The molecule has 1 saturated carbocycles. The van der Waals surface area contributed by atoms with Gasteiger partial charge in [0.25, 0.3) is 0 Å². The number of hydrogen-bond donors (Lipinski definition) is 1. The lowest BCUT2D eigenvalue weighted by Crippen LogP contribution is -2.56. The molecule has 3 atom stereocenters. The van der Waals surface area contributed by atoms with E-state index >= 15 is 0 Å². The Bertz CT molecular complexity index is 334.